The van der Waals surface area contributed by atoms with Gasteiger partial charge in [0.25, 0.3) is 0 Å². The van der Waals surface area contributed by atoms with Gasteiger partial charge in [-0.1, -0.05) is 0 Å². The maximum Gasteiger partial charge on any atom is 0.248 e. The summed E-state index contributed by atoms with van der Waals surface area (Å²) in [5.41, 5.74) is 0.670. The molecule has 2 aromatic rings. The van der Waals surface area contributed by atoms with E-state index in [0.717, 1.165) is 37.9 Å². The van der Waals surface area contributed by atoms with E-state index in [1.807, 2.05) is 11.0 Å². The summed E-state index contributed by atoms with van der Waals surface area (Å²) in [6.07, 6.45) is 7.43. The first-order chi connectivity index (χ1) is 15.1. The SMILES string of the molecule is N#Cc1ccc(N2C3CC[C@H]2CN(C(=O)COC2(c4ccc(F)cn4)CCC2)C3)nc1. The van der Waals surface area contributed by atoms with Crippen LogP contribution in [0.3, 0.4) is 0 Å². The Morgan fingerprint density at radius 1 is 1.16 bits per heavy atom. The first-order valence-corrected chi connectivity index (χ1v) is 10.8. The van der Waals surface area contributed by atoms with Crippen LogP contribution in [0.5, 0.6) is 0 Å². The second kappa shape index (κ2) is 7.89. The fourth-order valence-electron chi connectivity index (χ4n) is 4.99. The normalized spacial score (nSPS) is 23.9. The van der Waals surface area contributed by atoms with Gasteiger partial charge < -0.3 is 14.5 Å². The molecule has 2 aliphatic heterocycles. The number of pyridine rings is 2. The predicted molar refractivity (Wildman–Crippen MR) is 110 cm³/mol. The summed E-state index contributed by atoms with van der Waals surface area (Å²) >= 11 is 0. The van der Waals surface area contributed by atoms with Gasteiger partial charge in [-0.3, -0.25) is 9.78 Å². The standard InChI is InChI=1S/C23H24FN5O2/c24-17-3-6-20(26-12-17)23(8-1-9-23)31-15-22(30)28-13-18-4-5-19(14-28)29(18)21-7-2-16(10-25)11-27-21/h2-3,6-7,11-12,18-19H,1,4-5,8-9,13-15H2/t18-,19?/m0/s1. The van der Waals surface area contributed by atoms with Crippen LogP contribution in [-0.2, 0) is 15.1 Å². The van der Waals surface area contributed by atoms with Gasteiger partial charge in [0.15, 0.2) is 0 Å². The smallest absolute Gasteiger partial charge is 0.248 e. The second-order valence-electron chi connectivity index (χ2n) is 8.61. The van der Waals surface area contributed by atoms with Crippen LogP contribution in [0, 0.1) is 17.1 Å². The average molecular weight is 421 g/mol. The number of amides is 1. The van der Waals surface area contributed by atoms with E-state index in [1.54, 1.807) is 18.3 Å². The Morgan fingerprint density at radius 2 is 1.94 bits per heavy atom. The van der Waals surface area contributed by atoms with Crippen LogP contribution < -0.4 is 4.90 Å². The van der Waals surface area contributed by atoms with E-state index in [1.165, 1.54) is 12.3 Å². The number of aromatic nitrogens is 2. The molecule has 2 aromatic heterocycles. The number of hydrogen-bond acceptors (Lipinski definition) is 6. The molecule has 0 radical (unpaired) electrons. The zero-order chi connectivity index (χ0) is 21.4. The molecule has 8 heteroatoms. The Kier molecular flexibility index (Phi) is 5.06. The van der Waals surface area contributed by atoms with Crippen LogP contribution in [0.2, 0.25) is 0 Å². The minimum atomic E-state index is -0.573. The molecule has 7 nitrogen and oxygen atoms in total. The van der Waals surface area contributed by atoms with E-state index < -0.39 is 5.60 Å². The van der Waals surface area contributed by atoms with Crippen molar-refractivity contribution in [2.24, 2.45) is 0 Å². The molecule has 0 spiro atoms. The molecular weight excluding hydrogens is 397 g/mol. The monoisotopic (exact) mass is 421 g/mol. The fraction of sp³-hybridized carbons (Fsp3) is 0.478. The van der Waals surface area contributed by atoms with E-state index in [4.69, 9.17) is 10.00 Å². The van der Waals surface area contributed by atoms with E-state index in [-0.39, 0.29) is 30.4 Å². The Hall–Kier alpha value is -3.05. The molecule has 1 amide bonds. The highest BCUT2D eigenvalue weighted by atomic mass is 19.1. The predicted octanol–water partition coefficient (Wildman–Crippen LogP) is 2.76. The zero-order valence-electron chi connectivity index (χ0n) is 17.2. The van der Waals surface area contributed by atoms with Crippen molar-refractivity contribution in [3.8, 4) is 6.07 Å². The topological polar surface area (TPSA) is 82.4 Å². The maximum absolute atomic E-state index is 13.2. The number of carbonyl (C=O) groups is 1. The van der Waals surface area contributed by atoms with Crippen LogP contribution in [0.1, 0.15) is 43.4 Å². The number of halogens is 1. The van der Waals surface area contributed by atoms with Gasteiger partial charge in [0.2, 0.25) is 5.91 Å². The largest absolute Gasteiger partial charge is 0.359 e. The van der Waals surface area contributed by atoms with Crippen molar-refractivity contribution in [3.05, 3.63) is 53.7 Å². The molecule has 2 saturated heterocycles. The van der Waals surface area contributed by atoms with Crippen molar-refractivity contribution in [1.29, 1.82) is 5.26 Å². The van der Waals surface area contributed by atoms with Crippen molar-refractivity contribution in [2.75, 3.05) is 24.6 Å². The molecule has 1 saturated carbocycles. The molecule has 4 heterocycles. The van der Waals surface area contributed by atoms with Gasteiger partial charge in [0.05, 0.1) is 17.5 Å². The number of nitriles is 1. The summed E-state index contributed by atoms with van der Waals surface area (Å²) in [6, 6.07) is 9.26. The molecule has 3 fully saturated rings. The van der Waals surface area contributed by atoms with E-state index in [0.29, 0.717) is 24.3 Å². The summed E-state index contributed by atoms with van der Waals surface area (Å²) in [5.74, 6) is 0.475. The summed E-state index contributed by atoms with van der Waals surface area (Å²) in [4.78, 5) is 25.8. The number of fused-ring (bicyclic) bond motifs is 2. The van der Waals surface area contributed by atoms with Crippen LogP contribution in [-0.4, -0.2) is 52.6 Å². The molecule has 2 atom stereocenters. The van der Waals surface area contributed by atoms with Gasteiger partial charge in [-0.2, -0.15) is 5.26 Å². The van der Waals surface area contributed by atoms with Gasteiger partial charge in [-0.25, -0.2) is 9.37 Å². The van der Waals surface area contributed by atoms with Crippen molar-refractivity contribution in [2.45, 2.75) is 49.8 Å². The first kappa shape index (κ1) is 19.9. The average Bonchev–Trinajstić information content (AvgIpc) is 3.03. The Labute approximate surface area is 180 Å². The van der Waals surface area contributed by atoms with Gasteiger partial charge >= 0.3 is 0 Å². The van der Waals surface area contributed by atoms with E-state index >= 15 is 0 Å². The molecule has 1 unspecified atom stereocenters. The minimum absolute atomic E-state index is 0.00755. The number of nitrogens with zero attached hydrogens (tertiary/aromatic N) is 5. The Bertz CT molecular complexity index is 986. The van der Waals surface area contributed by atoms with Gasteiger partial charge in [-0.15, -0.1) is 0 Å². The zero-order valence-corrected chi connectivity index (χ0v) is 17.2. The first-order valence-electron chi connectivity index (χ1n) is 10.8. The van der Waals surface area contributed by atoms with Crippen LogP contribution in [0.15, 0.2) is 36.7 Å². The van der Waals surface area contributed by atoms with Crippen molar-refractivity contribution in [3.63, 3.8) is 0 Å². The number of ether oxygens (including phenoxy) is 1. The lowest BCUT2D eigenvalue weighted by molar-refractivity contribution is -0.155. The van der Waals surface area contributed by atoms with Crippen LogP contribution >= 0.6 is 0 Å². The van der Waals surface area contributed by atoms with Crippen LogP contribution in [0.4, 0.5) is 10.2 Å². The number of carbonyl (C=O) groups excluding carboxylic acids is 1. The molecule has 5 rings (SSSR count). The van der Waals surface area contributed by atoms with Crippen molar-refractivity contribution < 1.29 is 13.9 Å². The summed E-state index contributed by atoms with van der Waals surface area (Å²) in [6.45, 7) is 1.29. The number of likely N-dealkylation sites (tertiary alicyclic amines) is 1. The molecule has 0 N–H and O–H groups in total. The maximum atomic E-state index is 13.2. The third kappa shape index (κ3) is 3.63. The van der Waals surface area contributed by atoms with E-state index in [9.17, 15) is 9.18 Å². The molecule has 0 aromatic carbocycles. The van der Waals surface area contributed by atoms with Crippen molar-refractivity contribution >= 4 is 11.7 Å². The Morgan fingerprint density at radius 3 is 2.48 bits per heavy atom. The minimum Gasteiger partial charge on any atom is -0.359 e. The highest BCUT2D eigenvalue weighted by Crippen LogP contribution is 2.44. The molecule has 1 aliphatic carbocycles. The van der Waals surface area contributed by atoms with Crippen LogP contribution in [0.25, 0.3) is 0 Å². The lowest BCUT2D eigenvalue weighted by Crippen LogP contribution is -2.56. The molecular formula is C23H24FN5O2. The third-order valence-corrected chi connectivity index (χ3v) is 6.80. The molecule has 2 bridgehead atoms. The lowest BCUT2D eigenvalue weighted by Gasteiger charge is -2.43. The number of rotatable bonds is 5. The van der Waals surface area contributed by atoms with Gasteiger partial charge in [0.1, 0.15) is 29.9 Å². The lowest BCUT2D eigenvalue weighted by atomic mass is 9.77. The van der Waals surface area contributed by atoms with Gasteiger partial charge in [-0.05, 0) is 56.4 Å². The number of piperazine rings is 1. The quantitative estimate of drug-likeness (QED) is 0.738. The summed E-state index contributed by atoms with van der Waals surface area (Å²) < 4.78 is 19.3. The highest BCUT2D eigenvalue weighted by Gasteiger charge is 2.44. The van der Waals surface area contributed by atoms with E-state index in [2.05, 4.69) is 20.9 Å². The highest BCUT2D eigenvalue weighted by molar-refractivity contribution is 5.78. The number of hydrogen-bond donors (Lipinski definition) is 0. The summed E-state index contributed by atoms with van der Waals surface area (Å²) in [7, 11) is 0. The Balaban J connectivity index is 1.22. The summed E-state index contributed by atoms with van der Waals surface area (Å²) in [5, 5.41) is 8.99. The molecule has 160 valence electrons. The molecule has 31 heavy (non-hydrogen) atoms. The number of anilines is 1. The second-order valence-corrected chi connectivity index (χ2v) is 8.61. The molecule has 3 aliphatic rings. The fourth-order valence-corrected chi connectivity index (χ4v) is 4.99. The van der Waals surface area contributed by atoms with Crippen molar-refractivity contribution in [1.82, 2.24) is 14.9 Å². The third-order valence-electron chi connectivity index (χ3n) is 6.80. The van der Waals surface area contributed by atoms with Gasteiger partial charge in [0, 0.05) is 31.4 Å².